The maximum atomic E-state index is 10.4. The van der Waals surface area contributed by atoms with Crippen LogP contribution < -0.4 is 61.2 Å². The zero-order chi connectivity index (χ0) is 20.2. The largest absolute Gasteiger partial charge is 1.00 e. The summed E-state index contributed by atoms with van der Waals surface area (Å²) in [5.74, 6) is 0.430. The molecular formula is C24H22KNO4. The molecule has 1 aromatic heterocycles. The fourth-order valence-corrected chi connectivity index (χ4v) is 3.35. The van der Waals surface area contributed by atoms with Crippen molar-refractivity contribution >= 4 is 27.8 Å². The van der Waals surface area contributed by atoms with Crippen molar-refractivity contribution in [1.82, 2.24) is 4.98 Å². The first-order chi connectivity index (χ1) is 14.1. The zero-order valence-electron chi connectivity index (χ0n) is 17.3. The second-order valence-electron chi connectivity index (χ2n) is 7.25. The number of carbonyl (C=O) groups excluding carboxylic acids is 1. The molecule has 0 N–H and O–H groups in total. The number of fused-ring (bicyclic) bond motifs is 2. The Bertz CT molecular complexity index is 1170. The third-order valence-corrected chi connectivity index (χ3v) is 4.90. The van der Waals surface area contributed by atoms with Crippen LogP contribution in [0.25, 0.3) is 33.3 Å². The van der Waals surface area contributed by atoms with E-state index in [4.69, 9.17) is 9.15 Å². The van der Waals surface area contributed by atoms with Gasteiger partial charge in [0.05, 0.1) is 6.61 Å². The number of hydrogen-bond acceptors (Lipinski definition) is 5. The molecule has 4 aromatic rings. The molecule has 0 amide bonds. The first-order valence-corrected chi connectivity index (χ1v) is 9.82. The molecule has 0 radical (unpaired) electrons. The van der Waals surface area contributed by atoms with Gasteiger partial charge in [0.15, 0.2) is 5.58 Å². The van der Waals surface area contributed by atoms with Crippen LogP contribution in [0.4, 0.5) is 0 Å². The molecule has 30 heavy (non-hydrogen) atoms. The fourth-order valence-electron chi connectivity index (χ4n) is 3.35. The Morgan fingerprint density at radius 1 is 1.00 bits per heavy atom. The Morgan fingerprint density at radius 2 is 1.80 bits per heavy atom. The summed E-state index contributed by atoms with van der Waals surface area (Å²) in [6, 6.07) is 18.1. The minimum Gasteiger partial charge on any atom is -0.550 e. The van der Waals surface area contributed by atoms with Gasteiger partial charge in [-0.3, -0.25) is 0 Å². The summed E-state index contributed by atoms with van der Waals surface area (Å²) in [4.78, 5) is 15.0. The Kier molecular flexibility index (Phi) is 8.08. The van der Waals surface area contributed by atoms with Crippen molar-refractivity contribution in [3.63, 3.8) is 0 Å². The number of oxazole rings is 1. The standard InChI is InChI=1S/C24H23NO4.K/c1-16-6-11-22-21(13-16)25-24(29-22)19-8-7-18-15-20(10-9-17(18)14-19)28-12-4-2-3-5-23(26)27;/h6-11,13-15H,2-5,12H2,1H3,(H,26,27);/q;+1/p-1. The normalized spacial score (nSPS) is 10.8. The van der Waals surface area contributed by atoms with Crippen LogP contribution in [0.15, 0.2) is 59.0 Å². The van der Waals surface area contributed by atoms with Crippen molar-refractivity contribution in [3.05, 3.63) is 60.2 Å². The van der Waals surface area contributed by atoms with Gasteiger partial charge in [-0.25, -0.2) is 4.98 Å². The van der Waals surface area contributed by atoms with Crippen molar-refractivity contribution in [1.29, 1.82) is 0 Å². The van der Waals surface area contributed by atoms with Crippen LogP contribution in [0, 0.1) is 6.92 Å². The fraction of sp³-hybridized carbons (Fsp3) is 0.250. The molecule has 0 aliphatic rings. The molecule has 1 heterocycles. The molecular weight excluding hydrogens is 405 g/mol. The van der Waals surface area contributed by atoms with E-state index in [0.717, 1.165) is 51.6 Å². The molecule has 148 valence electrons. The van der Waals surface area contributed by atoms with Crippen LogP contribution in [0.3, 0.4) is 0 Å². The Labute approximate surface area is 217 Å². The van der Waals surface area contributed by atoms with E-state index >= 15 is 0 Å². The van der Waals surface area contributed by atoms with Crippen molar-refractivity contribution in [2.45, 2.75) is 32.6 Å². The molecule has 0 unspecified atom stereocenters. The van der Waals surface area contributed by atoms with E-state index < -0.39 is 5.97 Å². The smallest absolute Gasteiger partial charge is 0.550 e. The minimum absolute atomic E-state index is 0. The summed E-state index contributed by atoms with van der Waals surface area (Å²) < 4.78 is 11.7. The van der Waals surface area contributed by atoms with Crippen LogP contribution in [0.1, 0.15) is 31.2 Å². The number of aryl methyl sites for hydroxylation is 1. The van der Waals surface area contributed by atoms with Crippen molar-refractivity contribution in [2.75, 3.05) is 6.61 Å². The molecule has 4 rings (SSSR count). The van der Waals surface area contributed by atoms with Crippen molar-refractivity contribution in [2.24, 2.45) is 0 Å². The van der Waals surface area contributed by atoms with Gasteiger partial charge in [-0.15, -0.1) is 0 Å². The van der Waals surface area contributed by atoms with E-state index in [-0.39, 0.29) is 57.8 Å². The molecule has 0 aliphatic heterocycles. The summed E-state index contributed by atoms with van der Waals surface area (Å²) >= 11 is 0. The summed E-state index contributed by atoms with van der Waals surface area (Å²) in [6.07, 6.45) is 2.37. The number of aliphatic carboxylic acids is 1. The number of hydrogen-bond donors (Lipinski definition) is 0. The number of benzene rings is 3. The predicted molar refractivity (Wildman–Crippen MR) is 111 cm³/mol. The molecule has 0 fully saturated rings. The van der Waals surface area contributed by atoms with Crippen LogP contribution in [-0.2, 0) is 4.79 Å². The average molecular weight is 428 g/mol. The second-order valence-corrected chi connectivity index (χ2v) is 7.25. The number of unbranched alkanes of at least 4 members (excludes halogenated alkanes) is 2. The quantitative estimate of drug-likeness (QED) is 0.316. The molecule has 0 spiro atoms. The number of nitrogens with zero attached hydrogens (tertiary/aromatic N) is 1. The predicted octanol–water partition coefficient (Wildman–Crippen LogP) is 1.65. The number of ether oxygens (including phenoxy) is 1. The monoisotopic (exact) mass is 427 g/mol. The maximum absolute atomic E-state index is 10.4. The molecule has 0 saturated carbocycles. The molecule has 0 bridgehead atoms. The molecule has 0 atom stereocenters. The third kappa shape index (κ3) is 5.71. The number of carbonyl (C=O) groups is 1. The molecule has 3 aromatic carbocycles. The van der Waals surface area contributed by atoms with Crippen molar-refractivity contribution in [3.8, 4) is 17.2 Å². The van der Waals surface area contributed by atoms with Gasteiger partial charge < -0.3 is 19.1 Å². The topological polar surface area (TPSA) is 75.4 Å². The first-order valence-electron chi connectivity index (χ1n) is 9.82. The second kappa shape index (κ2) is 10.6. The number of carboxylic acid groups (broad SMARTS) is 1. The van der Waals surface area contributed by atoms with Gasteiger partial charge in [0.25, 0.3) is 0 Å². The molecule has 0 saturated heterocycles. The maximum Gasteiger partial charge on any atom is 1.00 e. The number of rotatable bonds is 8. The zero-order valence-corrected chi connectivity index (χ0v) is 20.4. The van der Waals surface area contributed by atoms with Gasteiger partial charge in [0.1, 0.15) is 11.3 Å². The van der Waals surface area contributed by atoms with Crippen molar-refractivity contribution < 1.29 is 70.4 Å². The Balaban J connectivity index is 0.00000256. The summed E-state index contributed by atoms with van der Waals surface area (Å²) in [6.45, 7) is 2.61. The summed E-state index contributed by atoms with van der Waals surface area (Å²) in [5.41, 5.74) is 3.74. The van der Waals surface area contributed by atoms with E-state index in [0.29, 0.717) is 18.9 Å². The molecule has 6 heteroatoms. The molecule has 0 aliphatic carbocycles. The SMILES string of the molecule is Cc1ccc2oc(-c3ccc4cc(OCCCCCC(=O)[O-])ccc4c3)nc2c1.[K+]. The van der Waals surface area contributed by atoms with Gasteiger partial charge in [0.2, 0.25) is 5.89 Å². The van der Waals surface area contributed by atoms with Gasteiger partial charge >= 0.3 is 51.4 Å². The number of carboxylic acids is 1. The first kappa shape index (κ1) is 23.0. The van der Waals surface area contributed by atoms with Gasteiger partial charge in [-0.2, -0.15) is 0 Å². The van der Waals surface area contributed by atoms with Crippen LogP contribution in [-0.4, -0.2) is 17.6 Å². The van der Waals surface area contributed by atoms with E-state index in [1.165, 1.54) is 0 Å². The van der Waals surface area contributed by atoms with Crippen LogP contribution >= 0.6 is 0 Å². The van der Waals surface area contributed by atoms with E-state index in [1.54, 1.807) is 0 Å². The minimum atomic E-state index is -0.993. The Hall–Kier alpha value is -1.70. The summed E-state index contributed by atoms with van der Waals surface area (Å²) in [7, 11) is 0. The molecule has 5 nitrogen and oxygen atoms in total. The van der Waals surface area contributed by atoms with E-state index in [2.05, 4.69) is 11.1 Å². The van der Waals surface area contributed by atoms with Gasteiger partial charge in [-0.1, -0.05) is 18.2 Å². The number of aromatic nitrogens is 1. The van der Waals surface area contributed by atoms with Gasteiger partial charge in [-0.05, 0) is 85.3 Å². The van der Waals surface area contributed by atoms with Gasteiger partial charge in [0, 0.05) is 11.5 Å². The van der Waals surface area contributed by atoms with Crippen LogP contribution in [0.5, 0.6) is 5.75 Å². The van der Waals surface area contributed by atoms with Crippen LogP contribution in [0.2, 0.25) is 0 Å². The summed E-state index contributed by atoms with van der Waals surface area (Å²) in [5, 5.41) is 12.6. The average Bonchev–Trinajstić information content (AvgIpc) is 3.13. The van der Waals surface area contributed by atoms with E-state index in [1.807, 2.05) is 55.5 Å². The van der Waals surface area contributed by atoms with E-state index in [9.17, 15) is 9.90 Å². The Morgan fingerprint density at radius 3 is 2.63 bits per heavy atom. The third-order valence-electron chi connectivity index (χ3n) is 4.90.